The number of aromatic nitrogens is 4. The van der Waals surface area contributed by atoms with Crippen LogP contribution in [-0.2, 0) is 13.1 Å². The zero-order chi connectivity index (χ0) is 21.8. The molecule has 0 unspecified atom stereocenters. The molecule has 0 fully saturated rings. The summed E-state index contributed by atoms with van der Waals surface area (Å²) in [5, 5.41) is 7.70. The molecule has 0 bridgehead atoms. The lowest BCUT2D eigenvalue weighted by atomic mass is 10.1. The van der Waals surface area contributed by atoms with Gasteiger partial charge in [-0.05, 0) is 36.4 Å². The summed E-state index contributed by atoms with van der Waals surface area (Å²) in [5.74, 6) is -0.130. The van der Waals surface area contributed by atoms with Gasteiger partial charge < -0.3 is 5.32 Å². The van der Waals surface area contributed by atoms with Gasteiger partial charge in [0.05, 0.1) is 24.8 Å². The molecule has 0 radical (unpaired) electrons. The number of rotatable bonds is 7. The first-order valence-electron chi connectivity index (χ1n) is 9.95. The molecule has 1 N–H and O–H groups in total. The van der Waals surface area contributed by atoms with Crippen LogP contribution in [0.3, 0.4) is 0 Å². The lowest BCUT2D eigenvalue weighted by Gasteiger charge is -2.10. The maximum Gasteiger partial charge on any atom is 0.264 e. The highest BCUT2D eigenvalue weighted by Gasteiger charge is 2.13. The topological polar surface area (TPSA) is 81.8 Å². The van der Waals surface area contributed by atoms with Gasteiger partial charge in [0, 0.05) is 11.4 Å². The second kappa shape index (κ2) is 9.18. The van der Waals surface area contributed by atoms with Gasteiger partial charge in [0.25, 0.3) is 11.5 Å². The molecule has 4 rings (SSSR count). The molecule has 7 nitrogen and oxygen atoms in total. The van der Waals surface area contributed by atoms with Crippen molar-refractivity contribution in [2.75, 3.05) is 12.8 Å². The Labute approximate surface area is 184 Å². The van der Waals surface area contributed by atoms with Crippen molar-refractivity contribution < 1.29 is 4.79 Å². The van der Waals surface area contributed by atoms with Crippen LogP contribution in [0.2, 0.25) is 0 Å². The van der Waals surface area contributed by atoms with E-state index >= 15 is 0 Å². The minimum absolute atomic E-state index is 0.127. The van der Waals surface area contributed by atoms with Crippen LogP contribution in [0.4, 0.5) is 0 Å². The minimum Gasteiger partial charge on any atom is -0.350 e. The molecular weight excluding hydrogens is 410 g/mol. The Balaban J connectivity index is 1.47. The Kier molecular flexibility index (Phi) is 6.18. The first-order valence-corrected chi connectivity index (χ1v) is 11.2. The average molecular weight is 434 g/mol. The highest BCUT2D eigenvalue weighted by Crippen LogP contribution is 2.19. The summed E-state index contributed by atoms with van der Waals surface area (Å²) in [4.78, 5) is 30.8. The zero-order valence-corrected chi connectivity index (χ0v) is 18.2. The molecular formula is C23H23N5O2S. The van der Waals surface area contributed by atoms with Gasteiger partial charge in [0.2, 0.25) is 0 Å². The molecule has 2 aromatic carbocycles. The fraction of sp³-hybridized carbons (Fsp3) is 0.217. The average Bonchev–Trinajstić information content (AvgIpc) is 3.20. The number of aryl methyl sites for hydroxylation is 1. The van der Waals surface area contributed by atoms with Crippen molar-refractivity contribution in [3.63, 3.8) is 0 Å². The van der Waals surface area contributed by atoms with E-state index in [2.05, 4.69) is 15.4 Å². The molecule has 0 aliphatic heterocycles. The number of carbonyl (C=O) groups is 1. The van der Waals surface area contributed by atoms with Crippen molar-refractivity contribution >= 4 is 28.7 Å². The Bertz CT molecular complexity index is 1290. The smallest absolute Gasteiger partial charge is 0.264 e. The maximum atomic E-state index is 12.9. The van der Waals surface area contributed by atoms with E-state index in [-0.39, 0.29) is 11.5 Å². The third-order valence-corrected chi connectivity index (χ3v) is 5.98. The number of hydrogen-bond acceptors (Lipinski definition) is 5. The number of fused-ring (bicyclic) bond motifs is 1. The molecule has 0 saturated heterocycles. The van der Waals surface area contributed by atoms with E-state index in [4.69, 9.17) is 0 Å². The van der Waals surface area contributed by atoms with Gasteiger partial charge in [-0.25, -0.2) is 9.67 Å². The van der Waals surface area contributed by atoms with Gasteiger partial charge in [-0.1, -0.05) is 36.4 Å². The number of hydrogen-bond donors (Lipinski definition) is 1. The quantitative estimate of drug-likeness (QED) is 0.453. The fourth-order valence-corrected chi connectivity index (χ4v) is 4.04. The summed E-state index contributed by atoms with van der Waals surface area (Å²) in [6.45, 7) is 3.29. The number of carbonyl (C=O) groups excluding carboxylic acids is 1. The number of nitrogens with zero attached hydrogens (tertiary/aromatic N) is 4. The summed E-state index contributed by atoms with van der Waals surface area (Å²) in [6, 6.07) is 15.5. The Hall–Kier alpha value is -3.39. The Morgan fingerprint density at radius 3 is 2.71 bits per heavy atom. The molecule has 0 spiro atoms. The summed E-state index contributed by atoms with van der Waals surface area (Å²) in [7, 11) is 0. The fourth-order valence-electron chi connectivity index (χ4n) is 3.45. The number of thioether (sulfide) groups is 1. The van der Waals surface area contributed by atoms with Crippen LogP contribution in [-0.4, -0.2) is 38.0 Å². The molecule has 0 aliphatic rings. The molecule has 0 atom stereocenters. The highest BCUT2D eigenvalue weighted by molar-refractivity contribution is 7.98. The predicted molar refractivity (Wildman–Crippen MR) is 123 cm³/mol. The first-order chi connectivity index (χ1) is 15.1. The monoisotopic (exact) mass is 433 g/mol. The van der Waals surface area contributed by atoms with E-state index < -0.39 is 0 Å². The Morgan fingerprint density at radius 2 is 1.90 bits per heavy atom. The third kappa shape index (κ3) is 4.39. The number of amides is 1. The molecule has 8 heteroatoms. The van der Waals surface area contributed by atoms with Crippen LogP contribution >= 0.6 is 11.8 Å². The summed E-state index contributed by atoms with van der Waals surface area (Å²) >= 11 is 1.54. The lowest BCUT2D eigenvalue weighted by Crippen LogP contribution is -2.28. The van der Waals surface area contributed by atoms with E-state index in [0.29, 0.717) is 36.2 Å². The minimum atomic E-state index is -0.130. The second-order valence-corrected chi connectivity index (χ2v) is 8.01. The summed E-state index contributed by atoms with van der Waals surface area (Å²) < 4.78 is 3.24. The van der Waals surface area contributed by atoms with Crippen LogP contribution in [0.15, 0.2) is 70.7 Å². The summed E-state index contributed by atoms with van der Waals surface area (Å²) in [6.07, 6.45) is 5.05. The highest BCUT2D eigenvalue weighted by atomic mass is 32.2. The van der Waals surface area contributed by atoms with Crippen molar-refractivity contribution in [2.24, 2.45) is 0 Å². The van der Waals surface area contributed by atoms with Gasteiger partial charge >= 0.3 is 0 Å². The van der Waals surface area contributed by atoms with E-state index in [1.807, 2.05) is 61.7 Å². The number of benzene rings is 2. The SMILES string of the molecule is CSc1ccccc1C(=O)NCCn1ncc2c(=O)n(Cc3ccccc3C)cnc21. The van der Waals surface area contributed by atoms with Gasteiger partial charge in [-0.2, -0.15) is 5.10 Å². The van der Waals surface area contributed by atoms with E-state index in [1.165, 1.54) is 11.8 Å². The molecule has 0 aliphatic carbocycles. The summed E-state index contributed by atoms with van der Waals surface area (Å²) in [5.41, 5.74) is 3.25. The van der Waals surface area contributed by atoms with Crippen LogP contribution in [0.1, 0.15) is 21.5 Å². The van der Waals surface area contributed by atoms with Crippen molar-refractivity contribution in [1.29, 1.82) is 0 Å². The van der Waals surface area contributed by atoms with Crippen molar-refractivity contribution in [1.82, 2.24) is 24.6 Å². The third-order valence-electron chi connectivity index (χ3n) is 5.18. The largest absolute Gasteiger partial charge is 0.350 e. The van der Waals surface area contributed by atoms with Gasteiger partial charge in [-0.15, -0.1) is 11.8 Å². The predicted octanol–water partition coefficient (Wildman–Crippen LogP) is 3.10. The molecule has 31 heavy (non-hydrogen) atoms. The van der Waals surface area contributed by atoms with Gasteiger partial charge in [0.1, 0.15) is 11.7 Å². The van der Waals surface area contributed by atoms with Crippen LogP contribution in [0.25, 0.3) is 11.0 Å². The molecule has 2 aromatic heterocycles. The second-order valence-electron chi connectivity index (χ2n) is 7.17. The number of nitrogens with one attached hydrogen (secondary N) is 1. The zero-order valence-electron chi connectivity index (χ0n) is 17.4. The van der Waals surface area contributed by atoms with Crippen molar-refractivity contribution in [3.05, 3.63) is 88.1 Å². The standard InChI is InChI=1S/C23H23N5O2S/c1-16-7-3-4-8-17(16)14-27-15-25-21-19(23(27)30)13-26-28(21)12-11-24-22(29)18-9-5-6-10-20(18)31-2/h3-10,13,15H,11-12,14H2,1-2H3,(H,24,29). The molecule has 2 heterocycles. The normalized spacial score (nSPS) is 11.0. The van der Waals surface area contributed by atoms with Gasteiger partial charge in [0.15, 0.2) is 5.65 Å². The van der Waals surface area contributed by atoms with Crippen molar-refractivity contribution in [2.45, 2.75) is 24.9 Å². The first kappa shape index (κ1) is 20.9. The lowest BCUT2D eigenvalue weighted by molar-refractivity contribution is 0.0949. The molecule has 1 amide bonds. The van der Waals surface area contributed by atoms with Crippen LogP contribution in [0, 0.1) is 6.92 Å². The van der Waals surface area contributed by atoms with Crippen LogP contribution in [0.5, 0.6) is 0 Å². The maximum absolute atomic E-state index is 12.9. The van der Waals surface area contributed by atoms with Crippen LogP contribution < -0.4 is 10.9 Å². The Morgan fingerprint density at radius 1 is 1.13 bits per heavy atom. The van der Waals surface area contributed by atoms with E-state index in [0.717, 1.165) is 16.0 Å². The van der Waals surface area contributed by atoms with E-state index in [1.54, 1.807) is 21.8 Å². The van der Waals surface area contributed by atoms with E-state index in [9.17, 15) is 9.59 Å². The van der Waals surface area contributed by atoms with Crippen molar-refractivity contribution in [3.8, 4) is 0 Å². The molecule has 4 aromatic rings. The molecule has 0 saturated carbocycles. The molecule has 158 valence electrons. The van der Waals surface area contributed by atoms with Gasteiger partial charge in [-0.3, -0.25) is 14.2 Å².